The van der Waals surface area contributed by atoms with Gasteiger partial charge < -0.3 is 10.8 Å². The Bertz CT molecular complexity index is 250. The lowest BCUT2D eigenvalue weighted by atomic mass is 9.77. The molecule has 3 atom stereocenters. The fraction of sp³-hybridized carbons (Fsp3) is 1.00. The lowest BCUT2D eigenvalue weighted by Gasteiger charge is -2.34. The summed E-state index contributed by atoms with van der Waals surface area (Å²) in [6.45, 7) is 11.6. The van der Waals surface area contributed by atoms with Crippen LogP contribution >= 0.6 is 0 Å². The Balaban J connectivity index is 2.59. The summed E-state index contributed by atoms with van der Waals surface area (Å²) in [5.74, 6) is 0.791. The molecule has 0 aromatic rings. The molecule has 3 heteroatoms. The molecular weight excluding hydrogens is 236 g/mol. The summed E-state index contributed by atoms with van der Waals surface area (Å²) in [6, 6.07) is 0.264. The first-order valence-corrected chi connectivity index (χ1v) is 8.00. The third-order valence-electron chi connectivity index (χ3n) is 4.76. The highest BCUT2D eigenvalue weighted by Gasteiger charge is 2.30. The summed E-state index contributed by atoms with van der Waals surface area (Å²) >= 11 is 0. The molecule has 1 heterocycles. The predicted octanol–water partition coefficient (Wildman–Crippen LogP) is 2.62. The topological polar surface area (TPSA) is 49.5 Å². The molecule has 1 aliphatic heterocycles. The minimum absolute atomic E-state index is 0.112. The van der Waals surface area contributed by atoms with E-state index in [1.807, 2.05) is 0 Å². The molecule has 3 N–H and O–H groups in total. The standard InChI is InChI=1S/C16H34N2O/c1-5-7-14(17)15(12-19)18-10-6-8-13(9-11-18)16(2,3)4/h13-15,19H,5-12,17H2,1-4H3. The van der Waals surface area contributed by atoms with E-state index in [1.165, 1.54) is 19.3 Å². The number of nitrogens with zero attached hydrogens (tertiary/aromatic N) is 1. The van der Waals surface area contributed by atoms with Crippen molar-refractivity contribution >= 4 is 0 Å². The second-order valence-electron chi connectivity index (χ2n) is 7.23. The van der Waals surface area contributed by atoms with Crippen molar-refractivity contribution in [3.05, 3.63) is 0 Å². The van der Waals surface area contributed by atoms with Crippen molar-refractivity contribution in [3.63, 3.8) is 0 Å². The van der Waals surface area contributed by atoms with Crippen molar-refractivity contribution in [1.29, 1.82) is 0 Å². The second kappa shape index (κ2) is 7.61. The van der Waals surface area contributed by atoms with Crippen LogP contribution in [0.3, 0.4) is 0 Å². The van der Waals surface area contributed by atoms with Crippen LogP contribution in [0.2, 0.25) is 0 Å². The molecule has 1 fully saturated rings. The predicted molar refractivity (Wildman–Crippen MR) is 82.1 cm³/mol. The van der Waals surface area contributed by atoms with Crippen LogP contribution in [0, 0.1) is 11.3 Å². The number of hydrogen-bond donors (Lipinski definition) is 2. The Kier molecular flexibility index (Phi) is 6.78. The maximum absolute atomic E-state index is 9.67. The Labute approximate surface area is 119 Å². The molecule has 3 unspecified atom stereocenters. The molecule has 0 aromatic carbocycles. The summed E-state index contributed by atoms with van der Waals surface area (Å²) in [5, 5.41) is 9.67. The largest absolute Gasteiger partial charge is 0.395 e. The molecule has 0 spiro atoms. The Morgan fingerprint density at radius 1 is 1.26 bits per heavy atom. The lowest BCUT2D eigenvalue weighted by Crippen LogP contribution is -2.50. The molecule has 1 rings (SSSR count). The van der Waals surface area contributed by atoms with Gasteiger partial charge in [-0.05, 0) is 50.1 Å². The normalized spacial score (nSPS) is 25.9. The third-order valence-corrected chi connectivity index (χ3v) is 4.76. The second-order valence-corrected chi connectivity index (χ2v) is 7.23. The van der Waals surface area contributed by atoms with Crippen molar-refractivity contribution in [1.82, 2.24) is 4.90 Å². The Hall–Kier alpha value is -0.120. The van der Waals surface area contributed by atoms with Gasteiger partial charge in [-0.3, -0.25) is 4.90 Å². The summed E-state index contributed by atoms with van der Waals surface area (Å²) < 4.78 is 0. The van der Waals surface area contributed by atoms with Crippen molar-refractivity contribution in [2.24, 2.45) is 17.1 Å². The van der Waals surface area contributed by atoms with Gasteiger partial charge in [0.05, 0.1) is 6.61 Å². The molecule has 0 aromatic heterocycles. The van der Waals surface area contributed by atoms with E-state index in [0.717, 1.165) is 31.8 Å². The maximum atomic E-state index is 9.67. The van der Waals surface area contributed by atoms with Gasteiger partial charge in [-0.25, -0.2) is 0 Å². The highest BCUT2D eigenvalue weighted by atomic mass is 16.3. The van der Waals surface area contributed by atoms with E-state index in [9.17, 15) is 5.11 Å². The van der Waals surface area contributed by atoms with Gasteiger partial charge >= 0.3 is 0 Å². The van der Waals surface area contributed by atoms with Gasteiger partial charge in [0, 0.05) is 12.1 Å². The van der Waals surface area contributed by atoms with Crippen molar-refractivity contribution in [3.8, 4) is 0 Å². The van der Waals surface area contributed by atoms with Gasteiger partial charge in [0.15, 0.2) is 0 Å². The zero-order chi connectivity index (χ0) is 14.5. The number of rotatable bonds is 5. The zero-order valence-electron chi connectivity index (χ0n) is 13.4. The summed E-state index contributed by atoms with van der Waals surface area (Å²) in [4.78, 5) is 2.44. The van der Waals surface area contributed by atoms with Gasteiger partial charge in [-0.15, -0.1) is 0 Å². The van der Waals surface area contributed by atoms with Gasteiger partial charge in [-0.2, -0.15) is 0 Å². The van der Waals surface area contributed by atoms with Crippen LogP contribution in [0.1, 0.15) is 59.8 Å². The smallest absolute Gasteiger partial charge is 0.0601 e. The van der Waals surface area contributed by atoms with Gasteiger partial charge in [0.25, 0.3) is 0 Å². The molecule has 114 valence electrons. The van der Waals surface area contributed by atoms with E-state index in [4.69, 9.17) is 5.73 Å². The zero-order valence-corrected chi connectivity index (χ0v) is 13.4. The third kappa shape index (κ3) is 5.05. The van der Waals surface area contributed by atoms with Crippen molar-refractivity contribution < 1.29 is 5.11 Å². The fourth-order valence-electron chi connectivity index (χ4n) is 3.36. The summed E-state index contributed by atoms with van der Waals surface area (Å²) in [6.07, 6.45) is 5.87. The number of nitrogens with two attached hydrogens (primary N) is 1. The molecular formula is C16H34N2O. The number of hydrogen-bond acceptors (Lipinski definition) is 3. The molecule has 3 nitrogen and oxygen atoms in total. The molecule has 1 saturated heterocycles. The Morgan fingerprint density at radius 3 is 2.47 bits per heavy atom. The first-order chi connectivity index (χ1) is 8.90. The van der Waals surface area contributed by atoms with Gasteiger partial charge in [0.2, 0.25) is 0 Å². The van der Waals surface area contributed by atoms with E-state index in [2.05, 4.69) is 32.6 Å². The van der Waals surface area contributed by atoms with Crippen LogP contribution in [-0.4, -0.2) is 41.8 Å². The monoisotopic (exact) mass is 270 g/mol. The first kappa shape index (κ1) is 16.9. The minimum atomic E-state index is 0.112. The molecule has 0 aliphatic carbocycles. The summed E-state index contributed by atoms with van der Waals surface area (Å²) in [7, 11) is 0. The number of likely N-dealkylation sites (tertiary alicyclic amines) is 1. The van der Waals surface area contributed by atoms with Crippen molar-refractivity contribution in [2.75, 3.05) is 19.7 Å². The van der Waals surface area contributed by atoms with E-state index in [-0.39, 0.29) is 18.7 Å². The van der Waals surface area contributed by atoms with E-state index < -0.39 is 0 Å². The minimum Gasteiger partial charge on any atom is -0.395 e. The van der Waals surface area contributed by atoms with Crippen molar-refractivity contribution in [2.45, 2.75) is 71.9 Å². The fourth-order valence-corrected chi connectivity index (χ4v) is 3.36. The quantitative estimate of drug-likeness (QED) is 0.807. The molecule has 19 heavy (non-hydrogen) atoms. The SMILES string of the molecule is CCCC(N)C(CO)N1CCCC(C(C)(C)C)CC1. The lowest BCUT2D eigenvalue weighted by molar-refractivity contribution is 0.100. The van der Waals surface area contributed by atoms with E-state index in [1.54, 1.807) is 0 Å². The molecule has 0 radical (unpaired) electrons. The van der Waals surface area contributed by atoms with Crippen LogP contribution in [0.5, 0.6) is 0 Å². The average Bonchev–Trinajstić information content (AvgIpc) is 2.56. The van der Waals surface area contributed by atoms with Crippen LogP contribution in [0.4, 0.5) is 0 Å². The van der Waals surface area contributed by atoms with Crippen LogP contribution < -0.4 is 5.73 Å². The average molecular weight is 270 g/mol. The van der Waals surface area contributed by atoms with E-state index in [0.29, 0.717) is 5.41 Å². The van der Waals surface area contributed by atoms with Gasteiger partial charge in [0.1, 0.15) is 0 Å². The van der Waals surface area contributed by atoms with E-state index >= 15 is 0 Å². The Morgan fingerprint density at radius 2 is 1.95 bits per heavy atom. The number of aliphatic hydroxyl groups is 1. The highest BCUT2D eigenvalue weighted by Crippen LogP contribution is 2.34. The van der Waals surface area contributed by atoms with Crippen LogP contribution in [-0.2, 0) is 0 Å². The van der Waals surface area contributed by atoms with Crippen LogP contribution in [0.25, 0.3) is 0 Å². The molecule has 0 bridgehead atoms. The first-order valence-electron chi connectivity index (χ1n) is 8.00. The summed E-state index contributed by atoms with van der Waals surface area (Å²) in [5.41, 5.74) is 6.64. The highest BCUT2D eigenvalue weighted by molar-refractivity contribution is 4.86. The number of aliphatic hydroxyl groups excluding tert-OH is 1. The van der Waals surface area contributed by atoms with Crippen LogP contribution in [0.15, 0.2) is 0 Å². The maximum Gasteiger partial charge on any atom is 0.0601 e. The molecule has 0 saturated carbocycles. The van der Waals surface area contributed by atoms with Gasteiger partial charge in [-0.1, -0.05) is 34.1 Å². The molecule has 1 aliphatic rings. The molecule has 0 amide bonds.